The highest BCUT2D eigenvalue weighted by Gasteiger charge is 2.22. The Bertz CT molecular complexity index is 1260. The zero-order chi connectivity index (χ0) is 22.7. The van der Waals surface area contributed by atoms with Crippen LogP contribution in [0.4, 0.5) is 0 Å². The summed E-state index contributed by atoms with van der Waals surface area (Å²) in [6, 6.07) is 23.2. The standard InChI is InChI=1S/C28H28N2O2/c1-19-7-5-9-23(13-19)24-11-12-26(21(3)15-24)17-30-18-29-16-27(30)28(32-22(4)31)25-10-6-8-20(2)14-25/h5-16,18,28H,17H2,1-4H3. The highest BCUT2D eigenvalue weighted by atomic mass is 16.5. The molecule has 32 heavy (non-hydrogen) atoms. The Morgan fingerprint density at radius 2 is 1.66 bits per heavy atom. The van der Waals surface area contributed by atoms with Crippen molar-refractivity contribution in [1.29, 1.82) is 0 Å². The van der Waals surface area contributed by atoms with Crippen LogP contribution in [0, 0.1) is 20.8 Å². The number of ether oxygens (including phenoxy) is 1. The molecule has 3 aromatic carbocycles. The highest BCUT2D eigenvalue weighted by Crippen LogP contribution is 2.29. The lowest BCUT2D eigenvalue weighted by Gasteiger charge is -2.20. The summed E-state index contributed by atoms with van der Waals surface area (Å²) in [5.74, 6) is -0.317. The number of carbonyl (C=O) groups is 1. The molecule has 4 rings (SSSR count). The van der Waals surface area contributed by atoms with Crippen LogP contribution in [0.15, 0.2) is 79.3 Å². The van der Waals surface area contributed by atoms with E-state index in [1.807, 2.05) is 31.2 Å². The van der Waals surface area contributed by atoms with Gasteiger partial charge in [-0.1, -0.05) is 77.9 Å². The molecule has 0 fully saturated rings. The number of esters is 1. The van der Waals surface area contributed by atoms with E-state index in [2.05, 4.69) is 65.9 Å². The number of imidazole rings is 1. The van der Waals surface area contributed by atoms with Crippen LogP contribution in [-0.4, -0.2) is 15.5 Å². The van der Waals surface area contributed by atoms with E-state index in [1.165, 1.54) is 34.7 Å². The second-order valence-corrected chi connectivity index (χ2v) is 8.36. The minimum absolute atomic E-state index is 0.317. The van der Waals surface area contributed by atoms with Gasteiger partial charge in [0.05, 0.1) is 18.2 Å². The molecule has 1 aromatic heterocycles. The van der Waals surface area contributed by atoms with Gasteiger partial charge in [0.2, 0.25) is 0 Å². The molecular formula is C28H28N2O2. The van der Waals surface area contributed by atoms with E-state index >= 15 is 0 Å². The van der Waals surface area contributed by atoms with E-state index in [4.69, 9.17) is 4.74 Å². The van der Waals surface area contributed by atoms with E-state index in [0.717, 1.165) is 16.8 Å². The summed E-state index contributed by atoms with van der Waals surface area (Å²) in [6.07, 6.45) is 3.09. The average molecular weight is 425 g/mol. The Hall–Kier alpha value is -3.66. The van der Waals surface area contributed by atoms with E-state index < -0.39 is 6.10 Å². The molecule has 162 valence electrons. The van der Waals surface area contributed by atoms with Gasteiger partial charge in [0.15, 0.2) is 6.10 Å². The Morgan fingerprint density at radius 3 is 2.34 bits per heavy atom. The Morgan fingerprint density at radius 1 is 0.938 bits per heavy atom. The van der Waals surface area contributed by atoms with Crippen LogP contribution in [0.3, 0.4) is 0 Å². The fourth-order valence-corrected chi connectivity index (χ4v) is 4.04. The molecule has 4 aromatic rings. The van der Waals surface area contributed by atoms with Crippen molar-refractivity contribution in [1.82, 2.24) is 9.55 Å². The molecule has 4 heteroatoms. The van der Waals surface area contributed by atoms with Crippen molar-refractivity contribution in [3.63, 3.8) is 0 Å². The molecule has 1 unspecified atom stereocenters. The minimum atomic E-state index is -0.498. The Kier molecular flexibility index (Phi) is 6.22. The van der Waals surface area contributed by atoms with Crippen molar-refractivity contribution in [3.05, 3.63) is 113 Å². The van der Waals surface area contributed by atoms with Gasteiger partial charge in [-0.05, 0) is 48.6 Å². The number of aryl methyl sites for hydroxylation is 3. The maximum Gasteiger partial charge on any atom is 0.303 e. The molecule has 1 atom stereocenters. The van der Waals surface area contributed by atoms with Gasteiger partial charge >= 0.3 is 5.97 Å². The van der Waals surface area contributed by atoms with Gasteiger partial charge in [-0.2, -0.15) is 0 Å². The second-order valence-electron chi connectivity index (χ2n) is 8.36. The average Bonchev–Trinajstić information content (AvgIpc) is 3.21. The number of aromatic nitrogens is 2. The molecule has 0 amide bonds. The smallest absolute Gasteiger partial charge is 0.303 e. The maximum atomic E-state index is 11.9. The molecular weight excluding hydrogens is 396 g/mol. The zero-order valence-electron chi connectivity index (χ0n) is 19.0. The summed E-state index contributed by atoms with van der Waals surface area (Å²) >= 11 is 0. The topological polar surface area (TPSA) is 44.1 Å². The summed E-state index contributed by atoms with van der Waals surface area (Å²) in [6.45, 7) is 8.37. The lowest BCUT2D eigenvalue weighted by Crippen LogP contribution is -2.15. The van der Waals surface area contributed by atoms with Crippen molar-refractivity contribution in [2.24, 2.45) is 0 Å². The summed E-state index contributed by atoms with van der Waals surface area (Å²) in [7, 11) is 0. The molecule has 0 radical (unpaired) electrons. The van der Waals surface area contributed by atoms with Crippen molar-refractivity contribution in [2.45, 2.75) is 40.3 Å². The molecule has 4 nitrogen and oxygen atoms in total. The minimum Gasteiger partial charge on any atom is -0.451 e. The Labute approximate surface area is 189 Å². The van der Waals surface area contributed by atoms with Crippen LogP contribution in [-0.2, 0) is 16.1 Å². The summed E-state index contributed by atoms with van der Waals surface area (Å²) < 4.78 is 7.79. The molecule has 0 spiro atoms. The number of carbonyl (C=O) groups excluding carboxylic acids is 1. The molecule has 0 aliphatic carbocycles. The summed E-state index contributed by atoms with van der Waals surface area (Å²) in [4.78, 5) is 16.2. The third kappa shape index (κ3) is 4.80. The van der Waals surface area contributed by atoms with Crippen molar-refractivity contribution < 1.29 is 9.53 Å². The van der Waals surface area contributed by atoms with Gasteiger partial charge < -0.3 is 9.30 Å². The Balaban J connectivity index is 1.65. The van der Waals surface area contributed by atoms with Crippen LogP contribution < -0.4 is 0 Å². The number of hydrogen-bond acceptors (Lipinski definition) is 3. The van der Waals surface area contributed by atoms with E-state index in [9.17, 15) is 4.79 Å². The van der Waals surface area contributed by atoms with Gasteiger partial charge in [-0.3, -0.25) is 4.79 Å². The molecule has 0 aliphatic heterocycles. The third-order valence-corrected chi connectivity index (χ3v) is 5.68. The van der Waals surface area contributed by atoms with Crippen LogP contribution in [0.5, 0.6) is 0 Å². The van der Waals surface area contributed by atoms with Crippen LogP contribution in [0.2, 0.25) is 0 Å². The third-order valence-electron chi connectivity index (χ3n) is 5.68. The SMILES string of the molecule is CC(=O)OC(c1cccc(C)c1)c1cncn1Cc1ccc(-c2cccc(C)c2)cc1C. The van der Waals surface area contributed by atoms with Gasteiger partial charge in [0.1, 0.15) is 0 Å². The summed E-state index contributed by atoms with van der Waals surface area (Å²) in [5.41, 5.74) is 9.00. The lowest BCUT2D eigenvalue weighted by atomic mass is 9.98. The molecule has 1 heterocycles. The summed E-state index contributed by atoms with van der Waals surface area (Å²) in [5, 5.41) is 0. The number of nitrogens with zero attached hydrogens (tertiary/aromatic N) is 2. The number of benzene rings is 3. The molecule has 0 saturated heterocycles. The van der Waals surface area contributed by atoms with Crippen molar-refractivity contribution in [3.8, 4) is 11.1 Å². The van der Waals surface area contributed by atoms with Gasteiger partial charge in [-0.25, -0.2) is 4.98 Å². The first-order valence-corrected chi connectivity index (χ1v) is 10.8. The highest BCUT2D eigenvalue weighted by molar-refractivity contribution is 5.67. The monoisotopic (exact) mass is 424 g/mol. The zero-order valence-corrected chi connectivity index (χ0v) is 19.0. The van der Waals surface area contributed by atoms with Crippen molar-refractivity contribution in [2.75, 3.05) is 0 Å². The van der Waals surface area contributed by atoms with Gasteiger partial charge in [0.25, 0.3) is 0 Å². The van der Waals surface area contributed by atoms with Gasteiger partial charge in [-0.15, -0.1) is 0 Å². The lowest BCUT2D eigenvalue weighted by molar-refractivity contribution is -0.145. The molecule has 0 bridgehead atoms. The first-order valence-electron chi connectivity index (χ1n) is 10.8. The molecule has 0 N–H and O–H groups in total. The van der Waals surface area contributed by atoms with E-state index in [-0.39, 0.29) is 5.97 Å². The fraction of sp³-hybridized carbons (Fsp3) is 0.214. The predicted molar refractivity (Wildman–Crippen MR) is 127 cm³/mol. The van der Waals surface area contributed by atoms with Gasteiger partial charge in [0, 0.05) is 13.5 Å². The van der Waals surface area contributed by atoms with Crippen LogP contribution >= 0.6 is 0 Å². The number of hydrogen-bond donors (Lipinski definition) is 0. The maximum absolute atomic E-state index is 11.9. The van der Waals surface area contributed by atoms with Crippen LogP contribution in [0.1, 0.15) is 46.5 Å². The quantitative estimate of drug-likeness (QED) is 0.347. The van der Waals surface area contributed by atoms with Crippen molar-refractivity contribution >= 4 is 5.97 Å². The normalized spacial score (nSPS) is 11.9. The first kappa shape index (κ1) is 21.6. The number of rotatable bonds is 6. The largest absolute Gasteiger partial charge is 0.451 e. The molecule has 0 aliphatic rings. The van der Waals surface area contributed by atoms with E-state index in [1.54, 1.807) is 12.5 Å². The van der Waals surface area contributed by atoms with E-state index in [0.29, 0.717) is 6.54 Å². The second kappa shape index (κ2) is 9.23. The fourth-order valence-electron chi connectivity index (χ4n) is 4.04. The molecule has 0 saturated carbocycles. The first-order chi connectivity index (χ1) is 15.4. The predicted octanol–water partition coefficient (Wildman–Crippen LogP) is 6.18. The van der Waals surface area contributed by atoms with Crippen LogP contribution in [0.25, 0.3) is 11.1 Å².